The van der Waals surface area contributed by atoms with Gasteiger partial charge in [0.15, 0.2) is 17.5 Å². The third-order valence-electron chi connectivity index (χ3n) is 9.80. The monoisotopic (exact) mass is 629 g/mol. The Morgan fingerprint density at radius 1 is 0.354 bits per heavy atom. The molecule has 0 fully saturated rings. The van der Waals surface area contributed by atoms with Crippen molar-refractivity contribution in [2.75, 3.05) is 0 Å². The number of aromatic nitrogens is 3. The largest absolute Gasteiger partial charge is 0.208 e. The molecule has 1 spiro atoms. The molecule has 224 valence electrons. The highest BCUT2D eigenvalue weighted by atomic mass is 32.2. The summed E-state index contributed by atoms with van der Waals surface area (Å²) in [5.74, 6) is 2.00. The summed E-state index contributed by atoms with van der Waals surface area (Å²) in [7, 11) is 0. The molecule has 2 heterocycles. The highest BCUT2D eigenvalue weighted by Gasteiger charge is 2.51. The van der Waals surface area contributed by atoms with Gasteiger partial charge in [0, 0.05) is 26.5 Å². The maximum absolute atomic E-state index is 5.19. The van der Waals surface area contributed by atoms with Crippen LogP contribution in [0.3, 0.4) is 0 Å². The number of benzene rings is 7. The van der Waals surface area contributed by atoms with Gasteiger partial charge in [0.25, 0.3) is 0 Å². The Labute approximate surface area is 283 Å². The fraction of sp³-hybridized carbons (Fsp3) is 0.0227. The van der Waals surface area contributed by atoms with Crippen molar-refractivity contribution in [3.8, 4) is 45.3 Å². The molecule has 0 saturated carbocycles. The van der Waals surface area contributed by atoms with Crippen LogP contribution in [-0.4, -0.2) is 15.0 Å². The van der Waals surface area contributed by atoms with E-state index in [9.17, 15) is 0 Å². The predicted molar refractivity (Wildman–Crippen MR) is 195 cm³/mol. The van der Waals surface area contributed by atoms with Gasteiger partial charge in [-0.3, -0.25) is 0 Å². The van der Waals surface area contributed by atoms with Crippen molar-refractivity contribution in [2.45, 2.75) is 15.2 Å². The second-order valence-corrected chi connectivity index (χ2v) is 13.3. The van der Waals surface area contributed by atoms with Crippen LogP contribution in [0.25, 0.3) is 56.1 Å². The number of nitrogens with zero attached hydrogens (tertiary/aromatic N) is 3. The zero-order chi connectivity index (χ0) is 31.7. The molecule has 1 aliphatic heterocycles. The summed E-state index contributed by atoms with van der Waals surface area (Å²) in [6.07, 6.45) is 0. The van der Waals surface area contributed by atoms with Crippen LogP contribution in [0.2, 0.25) is 0 Å². The molecule has 0 unspecified atom stereocenters. The SMILES string of the molecule is c1ccc(-c2nc(-c3ccccc3)nc(-c3cccc4c3Sc3c(ccc5ccccc35)C43c4ccccc4-c4ccccc43)n2)cc1. The summed E-state index contributed by atoms with van der Waals surface area (Å²) in [5.41, 5.74) is 10.2. The standard InChI is InChI=1S/C44H27N3S/c1-3-15-29(16-4-1)41-45-42(30-17-5-2-6-18-30)47-43(46-41)34-22-13-25-37-40(34)48-39-31-19-8-7-14-28(31)26-27-38(39)44(37)35-23-11-9-20-32(35)33-21-10-12-24-36(33)44/h1-27H. The number of hydrogen-bond donors (Lipinski definition) is 0. The lowest BCUT2D eigenvalue weighted by atomic mass is 9.66. The average molecular weight is 630 g/mol. The van der Waals surface area contributed by atoms with Crippen molar-refractivity contribution in [3.05, 3.63) is 186 Å². The summed E-state index contributed by atoms with van der Waals surface area (Å²) < 4.78 is 0. The smallest absolute Gasteiger partial charge is 0.165 e. The van der Waals surface area contributed by atoms with E-state index in [4.69, 9.17) is 15.0 Å². The fourth-order valence-electron chi connectivity index (χ4n) is 7.76. The first-order chi connectivity index (χ1) is 23.8. The molecule has 4 heteroatoms. The van der Waals surface area contributed by atoms with E-state index in [0.29, 0.717) is 17.5 Å². The van der Waals surface area contributed by atoms with Gasteiger partial charge in [0.2, 0.25) is 0 Å². The van der Waals surface area contributed by atoms with E-state index in [1.807, 2.05) is 48.2 Å². The van der Waals surface area contributed by atoms with Gasteiger partial charge in [0.05, 0.1) is 5.41 Å². The third-order valence-corrected chi connectivity index (χ3v) is 11.1. The summed E-state index contributed by atoms with van der Waals surface area (Å²) in [6, 6.07) is 58.4. The van der Waals surface area contributed by atoms with Crippen molar-refractivity contribution >= 4 is 22.5 Å². The zero-order valence-corrected chi connectivity index (χ0v) is 26.7. The quantitative estimate of drug-likeness (QED) is 0.195. The minimum absolute atomic E-state index is 0.499. The topological polar surface area (TPSA) is 38.7 Å². The van der Waals surface area contributed by atoms with Crippen LogP contribution in [0.15, 0.2) is 174 Å². The van der Waals surface area contributed by atoms with Crippen LogP contribution in [0.5, 0.6) is 0 Å². The molecule has 8 aromatic rings. The van der Waals surface area contributed by atoms with Crippen LogP contribution in [-0.2, 0) is 5.41 Å². The lowest BCUT2D eigenvalue weighted by Crippen LogP contribution is -2.32. The predicted octanol–water partition coefficient (Wildman–Crippen LogP) is 10.9. The molecular formula is C44H27N3S. The molecule has 3 nitrogen and oxygen atoms in total. The normalized spacial score (nSPS) is 13.5. The van der Waals surface area contributed by atoms with Crippen LogP contribution in [0, 0.1) is 0 Å². The van der Waals surface area contributed by atoms with E-state index in [1.165, 1.54) is 53.9 Å². The maximum Gasteiger partial charge on any atom is 0.165 e. The van der Waals surface area contributed by atoms with E-state index in [2.05, 4.69) is 127 Å². The lowest BCUT2D eigenvalue weighted by molar-refractivity contribution is 0.726. The van der Waals surface area contributed by atoms with Crippen molar-refractivity contribution in [1.82, 2.24) is 15.0 Å². The fourth-order valence-corrected chi connectivity index (χ4v) is 9.19. The van der Waals surface area contributed by atoms with Crippen LogP contribution >= 0.6 is 11.8 Å². The molecule has 1 aromatic heterocycles. The molecule has 2 aliphatic rings. The van der Waals surface area contributed by atoms with Gasteiger partial charge in [-0.1, -0.05) is 176 Å². The highest BCUT2D eigenvalue weighted by Crippen LogP contribution is 2.64. The summed E-state index contributed by atoms with van der Waals surface area (Å²) in [5, 5.41) is 2.49. The molecule has 10 rings (SSSR count). The van der Waals surface area contributed by atoms with Crippen molar-refractivity contribution in [2.24, 2.45) is 0 Å². The Balaban J connectivity index is 1.31. The lowest BCUT2D eigenvalue weighted by Gasteiger charge is -2.40. The molecule has 0 atom stereocenters. The Morgan fingerprint density at radius 2 is 0.854 bits per heavy atom. The van der Waals surface area contributed by atoms with Gasteiger partial charge in [-0.2, -0.15) is 0 Å². The van der Waals surface area contributed by atoms with E-state index in [-0.39, 0.29) is 0 Å². The van der Waals surface area contributed by atoms with Gasteiger partial charge in [-0.05, 0) is 44.2 Å². The van der Waals surface area contributed by atoms with E-state index < -0.39 is 5.41 Å². The molecule has 0 N–H and O–H groups in total. The van der Waals surface area contributed by atoms with Gasteiger partial charge in [-0.25, -0.2) is 15.0 Å². The first kappa shape index (κ1) is 27.3. The summed E-state index contributed by atoms with van der Waals surface area (Å²) >= 11 is 1.85. The molecule has 1 aliphatic carbocycles. The zero-order valence-electron chi connectivity index (χ0n) is 25.8. The highest BCUT2D eigenvalue weighted by molar-refractivity contribution is 8.00. The van der Waals surface area contributed by atoms with Crippen molar-refractivity contribution < 1.29 is 0 Å². The molecule has 0 radical (unpaired) electrons. The number of hydrogen-bond acceptors (Lipinski definition) is 4. The minimum atomic E-state index is -0.499. The summed E-state index contributed by atoms with van der Waals surface area (Å²) in [4.78, 5) is 17.8. The minimum Gasteiger partial charge on any atom is -0.208 e. The van der Waals surface area contributed by atoms with Gasteiger partial charge in [0.1, 0.15) is 0 Å². The van der Waals surface area contributed by atoms with Crippen LogP contribution in [0.4, 0.5) is 0 Å². The van der Waals surface area contributed by atoms with E-state index >= 15 is 0 Å². The second kappa shape index (κ2) is 10.6. The van der Waals surface area contributed by atoms with Gasteiger partial charge < -0.3 is 0 Å². The van der Waals surface area contributed by atoms with Crippen LogP contribution < -0.4 is 0 Å². The third kappa shape index (κ3) is 3.87. The first-order valence-corrected chi connectivity index (χ1v) is 17.0. The Morgan fingerprint density at radius 3 is 1.52 bits per heavy atom. The molecule has 0 bridgehead atoms. The molecular weight excluding hydrogens is 603 g/mol. The summed E-state index contributed by atoms with van der Waals surface area (Å²) in [6.45, 7) is 0. The Kier molecular flexibility index (Phi) is 6.02. The van der Waals surface area contributed by atoms with E-state index in [1.54, 1.807) is 0 Å². The van der Waals surface area contributed by atoms with Crippen LogP contribution in [0.1, 0.15) is 22.3 Å². The maximum atomic E-state index is 5.19. The van der Waals surface area contributed by atoms with Crippen molar-refractivity contribution in [1.29, 1.82) is 0 Å². The number of rotatable bonds is 3. The molecule has 0 saturated heterocycles. The second-order valence-electron chi connectivity index (χ2n) is 12.3. The molecule has 0 amide bonds. The Bertz CT molecular complexity index is 2440. The Hall–Kier alpha value is -5.84. The van der Waals surface area contributed by atoms with Gasteiger partial charge >= 0.3 is 0 Å². The van der Waals surface area contributed by atoms with Gasteiger partial charge in [-0.15, -0.1) is 0 Å². The van der Waals surface area contributed by atoms with E-state index in [0.717, 1.165) is 16.7 Å². The molecule has 7 aromatic carbocycles. The van der Waals surface area contributed by atoms with Crippen molar-refractivity contribution in [3.63, 3.8) is 0 Å². The number of fused-ring (bicyclic) bond motifs is 11. The average Bonchev–Trinajstić information content (AvgIpc) is 3.46. The first-order valence-electron chi connectivity index (χ1n) is 16.2. The molecule has 48 heavy (non-hydrogen) atoms.